The number of nitrogens with zero attached hydrogens (tertiary/aromatic N) is 2. The highest BCUT2D eigenvalue weighted by atomic mass is 16.4. The van der Waals surface area contributed by atoms with Crippen LogP contribution in [0.15, 0.2) is 42.7 Å². The lowest BCUT2D eigenvalue weighted by molar-refractivity contribution is -0.138. The second-order valence-electron chi connectivity index (χ2n) is 5.75. The Labute approximate surface area is 135 Å². The number of carbonyl (C=O) groups is 2. The summed E-state index contributed by atoms with van der Waals surface area (Å²) in [6.45, 7) is 5.25. The van der Waals surface area contributed by atoms with Gasteiger partial charge in [0, 0.05) is 24.0 Å². The molecule has 0 atom stereocenters. The molecule has 5 heteroatoms. The molecule has 0 radical (unpaired) electrons. The molecule has 2 rings (SSSR count). The number of aliphatic carboxylic acids is 1. The maximum absolute atomic E-state index is 12.6. The van der Waals surface area contributed by atoms with Gasteiger partial charge in [0.2, 0.25) is 0 Å². The average Bonchev–Trinajstić information content (AvgIpc) is 2.51. The van der Waals surface area contributed by atoms with E-state index < -0.39 is 5.97 Å². The van der Waals surface area contributed by atoms with Gasteiger partial charge in [0.15, 0.2) is 0 Å². The zero-order valence-electron chi connectivity index (χ0n) is 13.5. The second-order valence-corrected chi connectivity index (χ2v) is 5.75. The monoisotopic (exact) mass is 312 g/mol. The van der Waals surface area contributed by atoms with Gasteiger partial charge in [-0.15, -0.1) is 0 Å². The van der Waals surface area contributed by atoms with Gasteiger partial charge < -0.3 is 10.0 Å². The highest BCUT2D eigenvalue weighted by Crippen LogP contribution is 2.21. The predicted molar refractivity (Wildman–Crippen MR) is 88.2 cm³/mol. The summed E-state index contributed by atoms with van der Waals surface area (Å²) in [6, 6.07) is 9.46. The zero-order chi connectivity index (χ0) is 17.0. The van der Waals surface area contributed by atoms with Crippen LogP contribution in [0.2, 0.25) is 0 Å². The van der Waals surface area contributed by atoms with Crippen molar-refractivity contribution in [1.29, 1.82) is 0 Å². The zero-order valence-corrected chi connectivity index (χ0v) is 13.5. The van der Waals surface area contributed by atoms with Gasteiger partial charge in [0.25, 0.3) is 5.91 Å². The number of amides is 1. The quantitative estimate of drug-likeness (QED) is 0.921. The molecule has 1 aromatic heterocycles. The van der Waals surface area contributed by atoms with E-state index >= 15 is 0 Å². The fourth-order valence-electron chi connectivity index (χ4n) is 2.34. The van der Waals surface area contributed by atoms with Crippen LogP contribution in [0.1, 0.15) is 29.8 Å². The van der Waals surface area contributed by atoms with E-state index in [0.29, 0.717) is 5.56 Å². The van der Waals surface area contributed by atoms with Crippen molar-refractivity contribution in [3.8, 4) is 11.1 Å². The number of rotatable bonds is 5. The smallest absolute Gasteiger partial charge is 0.323 e. The van der Waals surface area contributed by atoms with Gasteiger partial charge in [0.05, 0.1) is 5.56 Å². The minimum Gasteiger partial charge on any atom is -0.480 e. The molecule has 0 aliphatic rings. The van der Waals surface area contributed by atoms with Crippen molar-refractivity contribution in [2.45, 2.75) is 26.8 Å². The topological polar surface area (TPSA) is 70.5 Å². The number of benzene rings is 1. The lowest BCUT2D eigenvalue weighted by Crippen LogP contribution is -2.40. The maximum Gasteiger partial charge on any atom is 0.323 e. The molecule has 2 aromatic rings. The number of carboxylic acids is 1. The van der Waals surface area contributed by atoms with E-state index in [1.54, 1.807) is 26.1 Å². The van der Waals surface area contributed by atoms with Gasteiger partial charge in [-0.05, 0) is 32.4 Å². The van der Waals surface area contributed by atoms with E-state index in [1.165, 1.54) is 11.1 Å². The summed E-state index contributed by atoms with van der Waals surface area (Å²) in [7, 11) is 0. The summed E-state index contributed by atoms with van der Waals surface area (Å²) in [6.07, 6.45) is 3.17. The Morgan fingerprint density at radius 3 is 2.52 bits per heavy atom. The molecule has 0 aliphatic carbocycles. The molecule has 0 unspecified atom stereocenters. The molecule has 0 fully saturated rings. The maximum atomic E-state index is 12.6. The van der Waals surface area contributed by atoms with Crippen molar-refractivity contribution in [1.82, 2.24) is 9.88 Å². The summed E-state index contributed by atoms with van der Waals surface area (Å²) in [5, 5.41) is 8.98. The highest BCUT2D eigenvalue weighted by molar-refractivity contribution is 5.96. The van der Waals surface area contributed by atoms with Crippen LogP contribution in [-0.2, 0) is 4.79 Å². The van der Waals surface area contributed by atoms with E-state index in [9.17, 15) is 9.59 Å². The largest absolute Gasteiger partial charge is 0.480 e. The van der Waals surface area contributed by atoms with Crippen LogP contribution in [0.25, 0.3) is 11.1 Å². The summed E-state index contributed by atoms with van der Waals surface area (Å²) in [5.74, 6) is -1.36. The van der Waals surface area contributed by atoms with Gasteiger partial charge in [0.1, 0.15) is 6.54 Å². The summed E-state index contributed by atoms with van der Waals surface area (Å²) in [5.41, 5.74) is 3.31. The molecule has 120 valence electrons. The standard InChI is InChI=1S/C18H20N2O3/c1-12(2)20(11-17(21)22)18(23)16-8-15(9-19-10-16)14-6-4-5-13(3)7-14/h4-10,12H,11H2,1-3H3,(H,21,22). The highest BCUT2D eigenvalue weighted by Gasteiger charge is 2.21. The van der Waals surface area contributed by atoms with E-state index in [1.807, 2.05) is 31.2 Å². The second kappa shape index (κ2) is 7.05. The molecule has 0 bridgehead atoms. The number of carboxylic acid groups (broad SMARTS) is 1. The first kappa shape index (κ1) is 16.7. The molecular formula is C18H20N2O3. The van der Waals surface area contributed by atoms with Crippen LogP contribution in [-0.4, -0.2) is 39.5 Å². The van der Waals surface area contributed by atoms with Gasteiger partial charge in [-0.3, -0.25) is 14.6 Å². The first-order valence-electron chi connectivity index (χ1n) is 7.43. The van der Waals surface area contributed by atoms with Gasteiger partial charge >= 0.3 is 5.97 Å². The van der Waals surface area contributed by atoms with Gasteiger partial charge in [-0.25, -0.2) is 0 Å². The third kappa shape index (κ3) is 4.16. The Balaban J connectivity index is 2.35. The number of pyridine rings is 1. The Bertz CT molecular complexity index is 726. The van der Waals surface area contributed by atoms with Gasteiger partial charge in [-0.2, -0.15) is 0 Å². The van der Waals surface area contributed by atoms with Crippen molar-refractivity contribution in [3.05, 3.63) is 53.9 Å². The van der Waals surface area contributed by atoms with Gasteiger partial charge in [-0.1, -0.05) is 29.8 Å². The van der Waals surface area contributed by atoms with Crippen LogP contribution in [0.4, 0.5) is 0 Å². The van der Waals surface area contributed by atoms with E-state index in [2.05, 4.69) is 4.98 Å². The summed E-state index contributed by atoms with van der Waals surface area (Å²) >= 11 is 0. The molecule has 1 N–H and O–H groups in total. The molecule has 1 aromatic carbocycles. The first-order valence-corrected chi connectivity index (χ1v) is 7.43. The Morgan fingerprint density at radius 1 is 1.17 bits per heavy atom. The third-order valence-electron chi connectivity index (χ3n) is 3.53. The van der Waals surface area contributed by atoms with Crippen LogP contribution < -0.4 is 0 Å². The minimum absolute atomic E-state index is 0.207. The van der Waals surface area contributed by atoms with Crippen LogP contribution in [0.5, 0.6) is 0 Å². The number of hydrogen-bond acceptors (Lipinski definition) is 3. The molecule has 1 amide bonds. The number of aromatic nitrogens is 1. The summed E-state index contributed by atoms with van der Waals surface area (Å²) in [4.78, 5) is 29.0. The lowest BCUT2D eigenvalue weighted by Gasteiger charge is -2.25. The van der Waals surface area contributed by atoms with Crippen molar-refractivity contribution < 1.29 is 14.7 Å². The van der Waals surface area contributed by atoms with E-state index in [4.69, 9.17) is 5.11 Å². The Kier molecular flexibility index (Phi) is 5.11. The van der Waals surface area contributed by atoms with Crippen LogP contribution in [0, 0.1) is 6.92 Å². The molecule has 5 nitrogen and oxygen atoms in total. The lowest BCUT2D eigenvalue weighted by atomic mass is 10.0. The van der Waals surface area contributed by atoms with Crippen molar-refractivity contribution in [3.63, 3.8) is 0 Å². The van der Waals surface area contributed by atoms with E-state index in [-0.39, 0.29) is 18.5 Å². The van der Waals surface area contributed by atoms with Crippen LogP contribution in [0.3, 0.4) is 0 Å². The molecule has 0 saturated heterocycles. The third-order valence-corrected chi connectivity index (χ3v) is 3.53. The Morgan fingerprint density at radius 2 is 1.91 bits per heavy atom. The molecule has 1 heterocycles. The van der Waals surface area contributed by atoms with Crippen molar-refractivity contribution >= 4 is 11.9 Å². The molecule has 0 aliphatic heterocycles. The average molecular weight is 312 g/mol. The fraction of sp³-hybridized carbons (Fsp3) is 0.278. The number of aryl methyl sites for hydroxylation is 1. The van der Waals surface area contributed by atoms with E-state index in [0.717, 1.165) is 16.7 Å². The molecular weight excluding hydrogens is 292 g/mol. The molecule has 0 spiro atoms. The minimum atomic E-state index is -1.03. The SMILES string of the molecule is Cc1cccc(-c2cncc(C(=O)N(CC(=O)O)C(C)C)c2)c1. The fourth-order valence-corrected chi connectivity index (χ4v) is 2.34. The number of carbonyl (C=O) groups excluding carboxylic acids is 1. The Hall–Kier alpha value is -2.69. The van der Waals surface area contributed by atoms with Crippen molar-refractivity contribution in [2.24, 2.45) is 0 Å². The first-order chi connectivity index (χ1) is 10.9. The summed E-state index contributed by atoms with van der Waals surface area (Å²) < 4.78 is 0. The molecule has 23 heavy (non-hydrogen) atoms. The normalized spacial score (nSPS) is 10.6. The predicted octanol–water partition coefficient (Wildman–Crippen LogP) is 2.99. The van der Waals surface area contributed by atoms with Crippen LogP contribution >= 0.6 is 0 Å². The number of hydrogen-bond donors (Lipinski definition) is 1. The molecule has 0 saturated carbocycles. The van der Waals surface area contributed by atoms with Crippen molar-refractivity contribution in [2.75, 3.05) is 6.54 Å².